The fourth-order valence-corrected chi connectivity index (χ4v) is 4.77. The lowest BCUT2D eigenvalue weighted by Gasteiger charge is -2.33. The van der Waals surface area contributed by atoms with Crippen LogP contribution in [0.2, 0.25) is 0 Å². The Kier molecular flexibility index (Phi) is 5.62. The predicted molar refractivity (Wildman–Crippen MR) is 105 cm³/mol. The lowest BCUT2D eigenvalue weighted by atomic mass is 9.85. The van der Waals surface area contributed by atoms with Crippen molar-refractivity contribution in [3.05, 3.63) is 30.3 Å². The quantitative estimate of drug-likeness (QED) is 0.766. The summed E-state index contributed by atoms with van der Waals surface area (Å²) < 4.78 is 0. The van der Waals surface area contributed by atoms with Crippen LogP contribution in [0, 0.1) is 5.92 Å². The van der Waals surface area contributed by atoms with Crippen LogP contribution in [0.5, 0.6) is 0 Å². The van der Waals surface area contributed by atoms with Gasteiger partial charge in [0, 0.05) is 30.9 Å². The molecule has 2 aliphatic heterocycles. The maximum Gasteiger partial charge on any atom is 0.321 e. The van der Waals surface area contributed by atoms with Crippen LogP contribution in [0.15, 0.2) is 30.3 Å². The number of carbonyl (C=O) groups excluding carboxylic acids is 2. The van der Waals surface area contributed by atoms with Gasteiger partial charge >= 0.3 is 6.03 Å². The number of rotatable bonds is 3. The summed E-state index contributed by atoms with van der Waals surface area (Å²) in [7, 11) is 0. The number of para-hydroxylation sites is 1. The van der Waals surface area contributed by atoms with Gasteiger partial charge in [0.1, 0.15) is 0 Å². The van der Waals surface area contributed by atoms with Gasteiger partial charge in [-0.05, 0) is 50.2 Å². The molecule has 1 saturated carbocycles. The molecule has 3 amide bonds. The van der Waals surface area contributed by atoms with Crippen molar-refractivity contribution in [2.24, 2.45) is 5.92 Å². The number of amides is 3. The lowest BCUT2D eigenvalue weighted by Crippen LogP contribution is -2.51. The number of fused-ring (bicyclic) bond motifs is 1. The maximum atomic E-state index is 12.6. The van der Waals surface area contributed by atoms with E-state index in [-0.39, 0.29) is 24.0 Å². The molecule has 3 unspecified atom stereocenters. The first kappa shape index (κ1) is 18.3. The number of urea groups is 1. The van der Waals surface area contributed by atoms with Crippen LogP contribution in [0.3, 0.4) is 0 Å². The van der Waals surface area contributed by atoms with Gasteiger partial charge in [0.25, 0.3) is 0 Å². The Balaban J connectivity index is 1.21. The Hall–Kier alpha value is -2.08. The summed E-state index contributed by atoms with van der Waals surface area (Å²) in [6.45, 7) is 1.35. The first-order chi connectivity index (χ1) is 13.2. The zero-order chi connectivity index (χ0) is 18.6. The van der Waals surface area contributed by atoms with E-state index in [9.17, 15) is 9.59 Å². The Morgan fingerprint density at radius 2 is 1.74 bits per heavy atom. The Labute approximate surface area is 161 Å². The number of hydrogen-bond acceptors (Lipinski definition) is 3. The Morgan fingerprint density at radius 1 is 1.00 bits per heavy atom. The molecule has 3 N–H and O–H groups in total. The van der Waals surface area contributed by atoms with Crippen LogP contribution < -0.4 is 16.0 Å². The van der Waals surface area contributed by atoms with Crippen LogP contribution in [-0.2, 0) is 4.79 Å². The second kappa shape index (κ2) is 8.30. The molecule has 0 radical (unpaired) electrons. The van der Waals surface area contributed by atoms with Crippen LogP contribution >= 0.6 is 0 Å². The van der Waals surface area contributed by atoms with E-state index >= 15 is 0 Å². The number of hydrogen-bond donors (Lipinski definition) is 3. The number of nitrogens with zero attached hydrogens (tertiary/aromatic N) is 1. The Bertz CT molecular complexity index is 643. The van der Waals surface area contributed by atoms with E-state index in [1.54, 1.807) is 0 Å². The number of anilines is 1. The highest BCUT2D eigenvalue weighted by Crippen LogP contribution is 2.33. The molecule has 1 aliphatic carbocycles. The summed E-state index contributed by atoms with van der Waals surface area (Å²) in [6.07, 6.45) is 7.67. The predicted octanol–water partition coefficient (Wildman–Crippen LogP) is 2.72. The van der Waals surface area contributed by atoms with Crippen molar-refractivity contribution in [1.82, 2.24) is 15.5 Å². The van der Waals surface area contributed by atoms with E-state index in [1.807, 2.05) is 35.2 Å². The van der Waals surface area contributed by atoms with E-state index in [4.69, 9.17) is 0 Å². The summed E-state index contributed by atoms with van der Waals surface area (Å²) in [4.78, 5) is 26.8. The molecule has 146 valence electrons. The molecule has 2 heterocycles. The van der Waals surface area contributed by atoms with Crippen LogP contribution in [0.25, 0.3) is 0 Å². The van der Waals surface area contributed by atoms with Crippen molar-refractivity contribution >= 4 is 17.6 Å². The maximum absolute atomic E-state index is 12.6. The molecule has 27 heavy (non-hydrogen) atoms. The topological polar surface area (TPSA) is 73.5 Å². The first-order valence-electron chi connectivity index (χ1n) is 10.4. The largest absolute Gasteiger partial charge is 0.352 e. The van der Waals surface area contributed by atoms with Crippen molar-refractivity contribution in [2.75, 3.05) is 18.4 Å². The molecule has 4 rings (SSSR count). The zero-order valence-electron chi connectivity index (χ0n) is 15.8. The van der Waals surface area contributed by atoms with Crippen molar-refractivity contribution in [1.29, 1.82) is 0 Å². The molecule has 3 aliphatic rings. The minimum absolute atomic E-state index is 0.0301. The molecular weight excluding hydrogens is 340 g/mol. The molecule has 3 atom stereocenters. The van der Waals surface area contributed by atoms with Crippen LogP contribution in [-0.4, -0.2) is 48.1 Å². The minimum Gasteiger partial charge on any atom is -0.352 e. The Morgan fingerprint density at radius 3 is 2.48 bits per heavy atom. The average Bonchev–Trinajstić information content (AvgIpc) is 3.14. The molecule has 0 aromatic heterocycles. The third-order valence-electron chi connectivity index (χ3n) is 6.33. The molecule has 0 bridgehead atoms. The van der Waals surface area contributed by atoms with E-state index in [1.165, 1.54) is 25.7 Å². The van der Waals surface area contributed by atoms with Gasteiger partial charge in [-0.2, -0.15) is 0 Å². The summed E-state index contributed by atoms with van der Waals surface area (Å²) >= 11 is 0. The van der Waals surface area contributed by atoms with E-state index < -0.39 is 0 Å². The van der Waals surface area contributed by atoms with E-state index in [0.29, 0.717) is 25.0 Å². The van der Waals surface area contributed by atoms with Gasteiger partial charge in [-0.25, -0.2) is 4.79 Å². The zero-order valence-corrected chi connectivity index (χ0v) is 15.8. The third-order valence-corrected chi connectivity index (χ3v) is 6.33. The van der Waals surface area contributed by atoms with Crippen molar-refractivity contribution in [3.63, 3.8) is 0 Å². The molecule has 6 heteroatoms. The van der Waals surface area contributed by atoms with E-state index in [2.05, 4.69) is 16.0 Å². The second-order valence-corrected chi connectivity index (χ2v) is 8.17. The molecule has 6 nitrogen and oxygen atoms in total. The van der Waals surface area contributed by atoms with E-state index in [0.717, 1.165) is 24.9 Å². The van der Waals surface area contributed by atoms with Crippen molar-refractivity contribution in [3.8, 4) is 0 Å². The number of piperidine rings is 1. The molecule has 3 fully saturated rings. The number of benzene rings is 1. The van der Waals surface area contributed by atoms with Gasteiger partial charge in [0.05, 0.1) is 6.04 Å². The summed E-state index contributed by atoms with van der Waals surface area (Å²) in [5.41, 5.74) is 0.812. The molecule has 1 aromatic carbocycles. The lowest BCUT2D eigenvalue weighted by molar-refractivity contribution is -0.123. The standard InChI is InChI=1S/C21H30N4O2/c26-20(19-14-15-6-4-5-9-18(15)24-19)22-17-10-12-25(13-11-17)21(27)23-16-7-2-1-3-8-16/h1-3,7-8,15,17-19,24H,4-6,9-14H2,(H,22,26)(H,23,27). The second-order valence-electron chi connectivity index (χ2n) is 8.17. The highest BCUT2D eigenvalue weighted by atomic mass is 16.2. The number of carbonyl (C=O) groups is 2. The van der Waals surface area contributed by atoms with Gasteiger partial charge < -0.3 is 20.9 Å². The van der Waals surface area contributed by atoms with Crippen molar-refractivity contribution in [2.45, 2.75) is 63.1 Å². The van der Waals surface area contributed by atoms with Gasteiger partial charge in [0.2, 0.25) is 5.91 Å². The smallest absolute Gasteiger partial charge is 0.321 e. The normalized spacial score (nSPS) is 28.4. The summed E-state index contributed by atoms with van der Waals surface area (Å²) in [5, 5.41) is 9.70. The summed E-state index contributed by atoms with van der Waals surface area (Å²) in [5.74, 6) is 0.828. The molecular formula is C21H30N4O2. The van der Waals surface area contributed by atoms with Crippen molar-refractivity contribution < 1.29 is 9.59 Å². The van der Waals surface area contributed by atoms with Crippen LogP contribution in [0.4, 0.5) is 10.5 Å². The summed E-state index contributed by atoms with van der Waals surface area (Å²) in [6, 6.07) is 10.1. The molecule has 0 spiro atoms. The van der Waals surface area contributed by atoms with Gasteiger partial charge in [-0.1, -0.05) is 31.0 Å². The first-order valence-corrected chi connectivity index (χ1v) is 10.4. The highest BCUT2D eigenvalue weighted by Gasteiger charge is 2.38. The monoisotopic (exact) mass is 370 g/mol. The number of nitrogens with one attached hydrogen (secondary N) is 3. The molecule has 1 aromatic rings. The van der Waals surface area contributed by atoms with Gasteiger partial charge in [-0.15, -0.1) is 0 Å². The fourth-order valence-electron chi connectivity index (χ4n) is 4.77. The molecule has 2 saturated heterocycles. The van der Waals surface area contributed by atoms with Gasteiger partial charge in [-0.3, -0.25) is 4.79 Å². The van der Waals surface area contributed by atoms with Crippen LogP contribution in [0.1, 0.15) is 44.9 Å². The third kappa shape index (κ3) is 4.43. The highest BCUT2D eigenvalue weighted by molar-refractivity contribution is 5.89. The fraction of sp³-hybridized carbons (Fsp3) is 0.619. The number of likely N-dealkylation sites (tertiary alicyclic amines) is 1. The SMILES string of the molecule is O=C(NC1CCN(C(=O)Nc2ccccc2)CC1)C1CC2CCCCC2N1. The minimum atomic E-state index is -0.0625. The average molecular weight is 370 g/mol. The van der Waals surface area contributed by atoms with Gasteiger partial charge in [0.15, 0.2) is 0 Å².